The quantitative estimate of drug-likeness (QED) is 0.00321. The van der Waals surface area contributed by atoms with Gasteiger partial charge in [-0.3, -0.25) is 29.8 Å². The number of carbonyl (C=O) groups excluding carboxylic acids is 2. The molecule has 12 rings (SSSR count). The van der Waals surface area contributed by atoms with Crippen molar-refractivity contribution in [1.82, 2.24) is 54.2 Å². The second-order valence-electron chi connectivity index (χ2n) is 35.1. The number of aliphatic hydroxyl groups excluding tert-OH is 1. The number of aliphatic hydroxyl groups is 1. The first kappa shape index (κ1) is 125. The number of H-pyrrole nitrogens is 2. The SMILES string of the molecule is CN(C)CCCO.CN(C)CCCOc1cc(N)c(N)cc1F.CN(C)CCCOc1cc(N)c([N+](=O)[O-])cc1F.CN(C)CCCOc1cc2nc(-c3ccc(-c4nc5cc(OCCCN(C)C)c(F)cc5[nH]4)c(F)c3)[nH]c2cc1F.CN(C)CCCOc1ccc(CC(=O)c2ccc(C(=O)Nc3ccc(OCCCN(C)C)cc3N)cc2F)c(N)c1.Nc1cc(F)c(F)cc1[N+](=O)[O-].O=C(O)c1ccc(C(=O)O)c(F)c1.[H-].[Na+]. The van der Waals surface area contributed by atoms with Gasteiger partial charge >= 0.3 is 41.5 Å². The van der Waals surface area contributed by atoms with E-state index in [2.05, 4.69) is 40.0 Å². The zero-order valence-corrected chi connectivity index (χ0v) is 87.8. The number of nitro benzene ring substituents is 2. The Bertz CT molecular complexity index is 6420. The maximum Gasteiger partial charge on any atom is 1.00 e. The summed E-state index contributed by atoms with van der Waals surface area (Å²) in [6.07, 6.45) is 5.59. The molecule has 0 saturated heterocycles. The number of nitrogens with one attached hydrogen (secondary N) is 3. The van der Waals surface area contributed by atoms with Crippen LogP contribution in [0.5, 0.6) is 34.5 Å². The number of benzene rings is 10. The van der Waals surface area contributed by atoms with E-state index in [-0.39, 0.29) is 106 Å². The summed E-state index contributed by atoms with van der Waals surface area (Å²) < 4.78 is 157. The fraction of sp³-hybridized carbons (Fsp3) is 0.353. The molecule has 0 aliphatic carbocycles. The van der Waals surface area contributed by atoms with Gasteiger partial charge in [0, 0.05) is 130 Å². The standard InChI is InChI=1S/C31H40FN5O4.C30H33F3N6O2.C11H16FN3O3.C11H18FN3O.C8H5FO4.C6H4F2N2O2.C5H13NO.Na.H/c1-36(2)13-5-15-40-23-9-7-21(27(33)19-23)18-30(38)25-11-8-22(17-26(25)32)31(39)35-29-12-10-24(20-28(29)34)41-16-6-14-37(3)4;1-38(2)9-5-11-40-27-16-25-23(14-21(27)32)34-29(35-25)18-7-8-19(20(31)13-18)30-36-24-15-22(33)28(17-26(24)37-30)41-12-6-10-39(3)4;1-14(2)4-3-5-18-11-7-9(13)10(15(16)17)6-8(11)12;1-15(2)4-3-5-16-11-7-10(14)9(13)6-8(11)12;9-6-3-4(7(10)11)1-2-5(6)8(12)13;7-3-1-5(9)6(10(11)12)2-4(3)8;1-6(2)4-3-5-7;;/h7-12,17,19-20H,5-6,13-16,18,33-34H2,1-4H3,(H,35,39);7-8,13-17H,5-6,9-12H2,1-4H3,(H,34,35)(H,36,37);6-7H,3-5,13H2,1-2H3;6-7H,3-5,13-14H2,1-2H3;1-3H,(H,10,11)(H,12,13);1-2H,9H2;7H,3-5H2,1-2H3;;/q;;;;;;;+1;-1. The molecular formula is C102H130F9N20NaO17. The van der Waals surface area contributed by atoms with Crippen molar-refractivity contribution < 1.29 is 143 Å². The third kappa shape index (κ3) is 42.8. The molecule has 0 aliphatic rings. The Morgan fingerprint density at radius 2 is 0.745 bits per heavy atom. The third-order valence-corrected chi connectivity index (χ3v) is 20.8. The Hall–Kier alpha value is -14.3. The number of anilines is 7. The van der Waals surface area contributed by atoms with Gasteiger partial charge in [0.2, 0.25) is 0 Å². The van der Waals surface area contributed by atoms with Crippen molar-refractivity contribution in [2.45, 2.75) is 51.4 Å². The van der Waals surface area contributed by atoms with E-state index >= 15 is 4.39 Å². The summed E-state index contributed by atoms with van der Waals surface area (Å²) in [6, 6.07) is 32.3. The van der Waals surface area contributed by atoms with Gasteiger partial charge in [-0.05, 0) is 222 Å². The molecule has 10 aromatic carbocycles. The maximum atomic E-state index is 15.3. The number of nitrogen functional groups attached to an aromatic ring is 6. The number of aromatic amines is 2. The molecule has 18 N–H and O–H groups in total. The number of carbonyl (C=O) groups is 4. The fourth-order valence-corrected chi connectivity index (χ4v) is 13.1. The van der Waals surface area contributed by atoms with Gasteiger partial charge in [-0.2, -0.15) is 0 Å². The number of aromatic carboxylic acids is 2. The zero-order chi connectivity index (χ0) is 110. The second kappa shape index (κ2) is 62.7. The average Bonchev–Trinajstić information content (AvgIpc) is 1.62. The summed E-state index contributed by atoms with van der Waals surface area (Å²) in [5.41, 5.74) is 36.1. The van der Waals surface area contributed by atoms with Gasteiger partial charge in [-0.25, -0.2) is 59.1 Å². The molecule has 2 aromatic heterocycles. The van der Waals surface area contributed by atoms with Crippen LogP contribution in [-0.4, -0.2) is 294 Å². The van der Waals surface area contributed by atoms with E-state index in [4.69, 9.17) is 78.1 Å². The van der Waals surface area contributed by atoms with Gasteiger partial charge in [-0.1, -0.05) is 12.1 Å². The molecule has 0 spiro atoms. The molecule has 0 atom stereocenters. The van der Waals surface area contributed by atoms with E-state index < -0.39 is 103 Å². The molecule has 0 bridgehead atoms. The van der Waals surface area contributed by atoms with E-state index in [0.717, 1.165) is 121 Å². The number of ether oxygens (including phenoxy) is 6. The Morgan fingerprint density at radius 3 is 1.17 bits per heavy atom. The minimum absolute atomic E-state index is 0. The van der Waals surface area contributed by atoms with Crippen molar-refractivity contribution in [2.24, 2.45) is 0 Å². The normalized spacial score (nSPS) is 10.9. The topological polar surface area (TPSA) is 519 Å². The zero-order valence-electron chi connectivity index (χ0n) is 86.8. The van der Waals surface area contributed by atoms with Gasteiger partial charge in [-0.15, -0.1) is 0 Å². The van der Waals surface area contributed by atoms with Crippen LogP contribution in [-0.2, 0) is 6.42 Å². The van der Waals surface area contributed by atoms with Gasteiger partial charge in [0.15, 0.2) is 63.7 Å². The predicted molar refractivity (Wildman–Crippen MR) is 554 cm³/mol. The number of fused-ring (bicyclic) bond motifs is 2. The van der Waals surface area contributed by atoms with Crippen molar-refractivity contribution in [3.63, 3.8) is 0 Å². The van der Waals surface area contributed by atoms with Gasteiger partial charge < -0.3 is 129 Å². The maximum absolute atomic E-state index is 15.3. The number of carboxylic acid groups (broad SMARTS) is 2. The van der Waals surface area contributed by atoms with E-state index in [1.54, 1.807) is 54.6 Å². The Morgan fingerprint density at radius 1 is 0.376 bits per heavy atom. The van der Waals surface area contributed by atoms with E-state index in [9.17, 15) is 74.5 Å². The predicted octanol–water partition coefficient (Wildman–Crippen LogP) is 12.9. The summed E-state index contributed by atoms with van der Waals surface area (Å²) in [5, 5.41) is 48.5. The number of hydrogen-bond acceptors (Lipinski definition) is 30. The first-order valence-corrected chi connectivity index (χ1v) is 46.2. The first-order valence-electron chi connectivity index (χ1n) is 46.2. The summed E-state index contributed by atoms with van der Waals surface area (Å²) in [4.78, 5) is 94.6. The minimum Gasteiger partial charge on any atom is -1.00 e. The second-order valence-corrected chi connectivity index (χ2v) is 35.1. The van der Waals surface area contributed by atoms with Crippen LogP contribution in [0.2, 0.25) is 0 Å². The van der Waals surface area contributed by atoms with Crippen molar-refractivity contribution >= 4 is 96.9 Å². The molecule has 37 nitrogen and oxygen atoms in total. The van der Waals surface area contributed by atoms with Gasteiger partial charge in [0.05, 0.1) is 129 Å². The van der Waals surface area contributed by atoms with E-state index in [1.807, 2.05) is 118 Å². The van der Waals surface area contributed by atoms with Crippen LogP contribution in [0.1, 0.15) is 93.4 Å². The number of ketones is 1. The summed E-state index contributed by atoms with van der Waals surface area (Å²) in [6.45, 7) is 9.06. The average molecular weight is 2100 g/mol. The number of carboxylic acids is 2. The summed E-state index contributed by atoms with van der Waals surface area (Å²) in [7, 11) is 27.6. The molecule has 149 heavy (non-hydrogen) atoms. The molecule has 0 unspecified atom stereocenters. The summed E-state index contributed by atoms with van der Waals surface area (Å²) >= 11 is 0. The van der Waals surface area contributed by atoms with Crippen LogP contribution >= 0.6 is 0 Å². The number of nitro groups is 2. The van der Waals surface area contributed by atoms with Crippen LogP contribution in [0.25, 0.3) is 44.8 Å². The monoisotopic (exact) mass is 2100 g/mol. The number of Topliss-reactive ketones (excluding diaryl/α,β-unsaturated/α-hetero) is 1. The van der Waals surface area contributed by atoms with E-state index in [0.29, 0.717) is 138 Å². The van der Waals surface area contributed by atoms with E-state index in [1.165, 1.54) is 48.5 Å². The van der Waals surface area contributed by atoms with Crippen LogP contribution in [0.4, 0.5) is 90.7 Å². The van der Waals surface area contributed by atoms with Gasteiger partial charge in [0.25, 0.3) is 17.3 Å². The minimum atomic E-state index is -1.42. The Labute approximate surface area is 880 Å². The number of nitrogens with two attached hydrogens (primary N) is 6. The third-order valence-electron chi connectivity index (χ3n) is 20.8. The summed E-state index contributed by atoms with van der Waals surface area (Å²) in [5.74, 6) is -8.68. The molecule has 0 aliphatic heterocycles. The number of imidazole rings is 2. The number of rotatable bonds is 44. The molecule has 12 aromatic rings. The number of hydrogen-bond donors (Lipinski definition) is 12. The van der Waals surface area contributed by atoms with Crippen LogP contribution in [0.15, 0.2) is 152 Å². The molecule has 0 radical (unpaired) electrons. The Kier molecular flexibility index (Phi) is 52.7. The van der Waals surface area contributed by atoms with Crippen LogP contribution < -0.4 is 97.7 Å². The smallest absolute Gasteiger partial charge is 1.00 e. The molecule has 47 heteroatoms. The van der Waals surface area contributed by atoms with Crippen molar-refractivity contribution in [2.75, 3.05) is 230 Å². The molecule has 1 amide bonds. The molecule has 804 valence electrons. The first-order chi connectivity index (χ1) is 69.9. The number of nitrogens with zero attached hydrogens (tertiary/aromatic N) is 11. The number of aromatic nitrogens is 4. The largest absolute Gasteiger partial charge is 1.00 e. The van der Waals surface area contributed by atoms with Crippen LogP contribution in [0, 0.1) is 72.6 Å². The van der Waals surface area contributed by atoms with Crippen molar-refractivity contribution in [1.29, 1.82) is 0 Å². The van der Waals surface area contributed by atoms with Crippen molar-refractivity contribution in [3.05, 3.63) is 252 Å². The van der Waals surface area contributed by atoms with Crippen molar-refractivity contribution in [3.8, 4) is 57.3 Å². The van der Waals surface area contributed by atoms with Gasteiger partial charge in [0.1, 0.15) is 52.0 Å². The molecule has 0 saturated carbocycles. The fourth-order valence-electron chi connectivity index (χ4n) is 13.1. The number of amides is 1. The Balaban J connectivity index is 0.000000394. The number of halogens is 9. The molecular weight excluding hydrogens is 1970 g/mol. The molecule has 0 fully saturated rings. The molecule has 2 heterocycles. The van der Waals surface area contributed by atoms with Crippen LogP contribution in [0.3, 0.4) is 0 Å².